The number of hydrogen-bond acceptors (Lipinski definition) is 3. The van der Waals surface area contributed by atoms with Gasteiger partial charge in [-0.2, -0.15) is 13.2 Å². The number of nitrogens with zero attached hydrogens (tertiary/aromatic N) is 3. The molecule has 0 amide bonds. The molecule has 1 aromatic heterocycles. The van der Waals surface area contributed by atoms with Gasteiger partial charge in [-0.25, -0.2) is 0 Å². The third-order valence-corrected chi connectivity index (χ3v) is 3.58. The number of hydrogen-bond donors (Lipinski definition) is 0. The van der Waals surface area contributed by atoms with Gasteiger partial charge in [0.2, 0.25) is 0 Å². The van der Waals surface area contributed by atoms with E-state index in [9.17, 15) is 13.2 Å². The second kappa shape index (κ2) is 5.36. The van der Waals surface area contributed by atoms with Gasteiger partial charge in [0.25, 0.3) is 0 Å². The van der Waals surface area contributed by atoms with E-state index in [4.69, 9.17) is 0 Å². The minimum Gasteiger partial charge on any atom is -0.369 e. The van der Waals surface area contributed by atoms with Crippen LogP contribution >= 0.6 is 0 Å². The number of anilines is 1. The summed E-state index contributed by atoms with van der Waals surface area (Å²) in [5.41, 5.74) is 1.95. The fraction of sp³-hybridized carbons (Fsp3) is 0.615. The molecule has 0 radical (unpaired) electrons. The van der Waals surface area contributed by atoms with Crippen LogP contribution in [-0.4, -0.2) is 48.3 Å². The van der Waals surface area contributed by atoms with Crippen molar-refractivity contribution < 1.29 is 13.2 Å². The van der Waals surface area contributed by atoms with E-state index in [1.165, 1.54) is 11.8 Å². The monoisotopic (exact) mass is 273 g/mol. The minimum absolute atomic E-state index is 0.433. The van der Waals surface area contributed by atoms with Crippen LogP contribution in [0.4, 0.5) is 18.9 Å². The molecule has 1 fully saturated rings. The largest absolute Gasteiger partial charge is 0.403 e. The van der Waals surface area contributed by atoms with Crippen molar-refractivity contribution in [1.29, 1.82) is 0 Å². The van der Waals surface area contributed by atoms with E-state index in [0.717, 1.165) is 11.4 Å². The van der Waals surface area contributed by atoms with E-state index < -0.39 is 12.2 Å². The Bertz CT molecular complexity index is 425. The van der Waals surface area contributed by atoms with Gasteiger partial charge in [0.1, 0.15) is 6.04 Å². The predicted molar refractivity (Wildman–Crippen MR) is 68.3 cm³/mol. The average Bonchev–Trinajstić information content (AvgIpc) is 2.37. The molecule has 1 atom stereocenters. The van der Waals surface area contributed by atoms with E-state index >= 15 is 0 Å². The Hall–Kier alpha value is -1.30. The third-order valence-electron chi connectivity index (χ3n) is 3.58. The van der Waals surface area contributed by atoms with Gasteiger partial charge in [-0.3, -0.25) is 9.88 Å². The highest BCUT2D eigenvalue weighted by molar-refractivity contribution is 5.46. The van der Waals surface area contributed by atoms with Crippen molar-refractivity contribution in [2.75, 3.05) is 31.1 Å². The molecule has 1 saturated heterocycles. The van der Waals surface area contributed by atoms with Gasteiger partial charge in [0.15, 0.2) is 0 Å². The molecule has 0 aromatic carbocycles. The Morgan fingerprint density at radius 3 is 2.37 bits per heavy atom. The standard InChI is InChI=1S/C13H18F3N3/c1-10-9-12(3-4-17-10)19-7-5-18(6-8-19)11(2)13(14,15)16/h3-4,9,11H,5-8H2,1-2H3. The van der Waals surface area contributed by atoms with E-state index in [-0.39, 0.29) is 0 Å². The highest BCUT2D eigenvalue weighted by atomic mass is 19.4. The predicted octanol–water partition coefficient (Wildman–Crippen LogP) is 2.46. The second-order valence-electron chi connectivity index (χ2n) is 4.90. The Kier molecular flexibility index (Phi) is 3.99. The summed E-state index contributed by atoms with van der Waals surface area (Å²) in [6.45, 7) is 5.23. The maximum Gasteiger partial charge on any atom is 0.403 e. The first-order valence-corrected chi connectivity index (χ1v) is 6.36. The lowest BCUT2D eigenvalue weighted by atomic mass is 10.2. The molecule has 2 heterocycles. The maximum absolute atomic E-state index is 12.6. The summed E-state index contributed by atoms with van der Waals surface area (Å²) in [5, 5.41) is 0. The van der Waals surface area contributed by atoms with Gasteiger partial charge in [-0.1, -0.05) is 0 Å². The summed E-state index contributed by atoms with van der Waals surface area (Å²) < 4.78 is 37.9. The van der Waals surface area contributed by atoms with Crippen molar-refractivity contribution >= 4 is 5.69 Å². The lowest BCUT2D eigenvalue weighted by Gasteiger charge is -2.39. The average molecular weight is 273 g/mol. The molecule has 19 heavy (non-hydrogen) atoms. The zero-order valence-electron chi connectivity index (χ0n) is 11.1. The second-order valence-corrected chi connectivity index (χ2v) is 4.90. The van der Waals surface area contributed by atoms with Crippen molar-refractivity contribution in [2.24, 2.45) is 0 Å². The Labute approximate surface area is 111 Å². The molecule has 0 bridgehead atoms. The van der Waals surface area contributed by atoms with Crippen LogP contribution in [0.3, 0.4) is 0 Å². The van der Waals surface area contributed by atoms with Crippen molar-refractivity contribution in [2.45, 2.75) is 26.1 Å². The number of aryl methyl sites for hydroxylation is 1. The molecule has 3 nitrogen and oxygen atoms in total. The Balaban J connectivity index is 1.96. The lowest BCUT2D eigenvalue weighted by molar-refractivity contribution is -0.179. The Morgan fingerprint density at radius 2 is 1.84 bits per heavy atom. The molecule has 0 aliphatic carbocycles. The molecule has 0 spiro atoms. The van der Waals surface area contributed by atoms with Crippen molar-refractivity contribution in [1.82, 2.24) is 9.88 Å². The van der Waals surface area contributed by atoms with Crippen LogP contribution in [0.1, 0.15) is 12.6 Å². The molecule has 0 saturated carbocycles. The van der Waals surface area contributed by atoms with Crippen molar-refractivity contribution in [3.8, 4) is 0 Å². The molecule has 106 valence electrons. The minimum atomic E-state index is -4.14. The van der Waals surface area contributed by atoms with Gasteiger partial charge in [0, 0.05) is 43.8 Å². The molecule has 2 rings (SSSR count). The zero-order chi connectivity index (χ0) is 14.0. The molecule has 1 aliphatic rings. The van der Waals surface area contributed by atoms with Crippen LogP contribution in [0.15, 0.2) is 18.3 Å². The number of pyridine rings is 1. The smallest absolute Gasteiger partial charge is 0.369 e. The van der Waals surface area contributed by atoms with Gasteiger partial charge >= 0.3 is 6.18 Å². The van der Waals surface area contributed by atoms with Crippen LogP contribution in [-0.2, 0) is 0 Å². The van der Waals surface area contributed by atoms with Gasteiger partial charge < -0.3 is 4.90 Å². The fourth-order valence-corrected chi connectivity index (χ4v) is 2.30. The van der Waals surface area contributed by atoms with E-state index in [2.05, 4.69) is 9.88 Å². The normalized spacial score (nSPS) is 19.5. The van der Waals surface area contributed by atoms with Crippen LogP contribution in [0, 0.1) is 6.92 Å². The van der Waals surface area contributed by atoms with E-state index in [0.29, 0.717) is 26.2 Å². The summed E-state index contributed by atoms with van der Waals surface area (Å²) >= 11 is 0. The number of piperazine rings is 1. The first-order valence-electron chi connectivity index (χ1n) is 6.36. The number of aromatic nitrogens is 1. The zero-order valence-corrected chi connectivity index (χ0v) is 11.1. The van der Waals surface area contributed by atoms with Crippen LogP contribution in [0.2, 0.25) is 0 Å². The summed E-state index contributed by atoms with van der Waals surface area (Å²) in [6.07, 6.45) is -2.41. The molecular weight excluding hydrogens is 255 g/mol. The number of halogens is 3. The molecule has 1 aliphatic heterocycles. The summed E-state index contributed by atoms with van der Waals surface area (Å²) in [4.78, 5) is 7.72. The summed E-state index contributed by atoms with van der Waals surface area (Å²) in [6, 6.07) is 2.49. The SMILES string of the molecule is Cc1cc(N2CCN(C(C)C(F)(F)F)CC2)ccn1. The first-order chi connectivity index (χ1) is 8.88. The first kappa shape index (κ1) is 14.1. The van der Waals surface area contributed by atoms with Gasteiger partial charge in [0.05, 0.1) is 0 Å². The van der Waals surface area contributed by atoms with Gasteiger partial charge in [-0.15, -0.1) is 0 Å². The highest BCUT2D eigenvalue weighted by Crippen LogP contribution is 2.26. The summed E-state index contributed by atoms with van der Waals surface area (Å²) in [7, 11) is 0. The van der Waals surface area contributed by atoms with E-state index in [1.54, 1.807) is 6.20 Å². The topological polar surface area (TPSA) is 19.4 Å². The lowest BCUT2D eigenvalue weighted by Crippen LogP contribution is -2.53. The molecule has 6 heteroatoms. The molecule has 0 N–H and O–H groups in total. The Morgan fingerprint density at radius 1 is 1.21 bits per heavy atom. The number of alkyl halides is 3. The van der Waals surface area contributed by atoms with E-state index in [1.807, 2.05) is 19.1 Å². The maximum atomic E-state index is 12.6. The number of rotatable bonds is 2. The fourth-order valence-electron chi connectivity index (χ4n) is 2.30. The third kappa shape index (κ3) is 3.37. The highest BCUT2D eigenvalue weighted by Gasteiger charge is 2.40. The van der Waals surface area contributed by atoms with Crippen molar-refractivity contribution in [3.63, 3.8) is 0 Å². The molecule has 1 unspecified atom stereocenters. The van der Waals surface area contributed by atoms with Crippen LogP contribution < -0.4 is 4.90 Å². The quantitative estimate of drug-likeness (QED) is 0.825. The van der Waals surface area contributed by atoms with Crippen LogP contribution in [0.5, 0.6) is 0 Å². The molecule has 1 aromatic rings. The van der Waals surface area contributed by atoms with Gasteiger partial charge in [-0.05, 0) is 26.0 Å². The molecular formula is C13H18F3N3. The van der Waals surface area contributed by atoms with Crippen molar-refractivity contribution in [3.05, 3.63) is 24.0 Å². The summed E-state index contributed by atoms with van der Waals surface area (Å²) in [5.74, 6) is 0. The van der Waals surface area contributed by atoms with Crippen LogP contribution in [0.25, 0.3) is 0 Å².